The summed E-state index contributed by atoms with van der Waals surface area (Å²) in [6, 6.07) is 21.7. The second kappa shape index (κ2) is 9.72. The van der Waals surface area contributed by atoms with Crippen LogP contribution in [0.1, 0.15) is 41.3 Å². The number of amides is 1. The SMILES string of the molecule is CCC1=C(CN(C)C)CCc2cc(NC(=O)c3ccc(-c4ccc(Cl)cc4)cc3)ccc21. The largest absolute Gasteiger partial charge is 0.322 e. The van der Waals surface area contributed by atoms with Gasteiger partial charge in [-0.2, -0.15) is 0 Å². The first kappa shape index (κ1) is 22.3. The molecule has 0 fully saturated rings. The number of likely N-dealkylation sites (N-methyl/N-ethyl adjacent to an activating group) is 1. The molecule has 1 aliphatic carbocycles. The standard InChI is InChI=1S/C28H29ClN2O/c1-4-26-23(18-31(2)3)10-9-22-17-25(15-16-27(22)26)30-28(32)21-7-5-19(6-8-21)20-11-13-24(29)14-12-20/h5-8,11-17H,4,9-10,18H2,1-3H3,(H,30,32). The number of hydrogen-bond acceptors (Lipinski definition) is 2. The van der Waals surface area contributed by atoms with Crippen molar-refractivity contribution >= 4 is 28.8 Å². The third-order valence-corrected chi connectivity index (χ3v) is 6.25. The number of anilines is 1. The number of carbonyl (C=O) groups is 1. The smallest absolute Gasteiger partial charge is 0.255 e. The number of nitrogens with zero attached hydrogens (tertiary/aromatic N) is 1. The lowest BCUT2D eigenvalue weighted by Gasteiger charge is -2.25. The first-order valence-electron chi connectivity index (χ1n) is 11.1. The van der Waals surface area contributed by atoms with E-state index in [0.29, 0.717) is 10.6 Å². The van der Waals surface area contributed by atoms with E-state index in [-0.39, 0.29) is 5.91 Å². The van der Waals surface area contributed by atoms with Crippen molar-refractivity contribution in [2.75, 3.05) is 26.0 Å². The maximum absolute atomic E-state index is 12.8. The van der Waals surface area contributed by atoms with E-state index in [9.17, 15) is 4.79 Å². The van der Waals surface area contributed by atoms with Crippen LogP contribution in [0.5, 0.6) is 0 Å². The average molecular weight is 445 g/mol. The van der Waals surface area contributed by atoms with Gasteiger partial charge in [0.05, 0.1) is 0 Å². The summed E-state index contributed by atoms with van der Waals surface area (Å²) in [5, 5.41) is 3.78. The minimum Gasteiger partial charge on any atom is -0.322 e. The van der Waals surface area contributed by atoms with Crippen LogP contribution in [-0.2, 0) is 6.42 Å². The summed E-state index contributed by atoms with van der Waals surface area (Å²) in [7, 11) is 4.24. The fourth-order valence-corrected chi connectivity index (χ4v) is 4.58. The van der Waals surface area contributed by atoms with Crippen LogP contribution in [0.25, 0.3) is 16.7 Å². The van der Waals surface area contributed by atoms with E-state index >= 15 is 0 Å². The molecule has 3 aromatic carbocycles. The molecule has 4 heteroatoms. The lowest BCUT2D eigenvalue weighted by Crippen LogP contribution is -2.19. The molecule has 32 heavy (non-hydrogen) atoms. The summed E-state index contributed by atoms with van der Waals surface area (Å²) in [4.78, 5) is 15.1. The lowest BCUT2D eigenvalue weighted by atomic mass is 9.84. The highest BCUT2D eigenvalue weighted by Crippen LogP contribution is 2.35. The zero-order valence-electron chi connectivity index (χ0n) is 18.9. The Bertz CT molecular complexity index is 1150. The monoisotopic (exact) mass is 444 g/mol. The topological polar surface area (TPSA) is 32.3 Å². The number of fused-ring (bicyclic) bond motifs is 1. The Kier molecular flexibility index (Phi) is 6.78. The molecule has 4 rings (SSSR count). The van der Waals surface area contributed by atoms with Gasteiger partial charge in [-0.3, -0.25) is 4.79 Å². The summed E-state index contributed by atoms with van der Waals surface area (Å²) < 4.78 is 0. The Morgan fingerprint density at radius 2 is 1.59 bits per heavy atom. The van der Waals surface area contributed by atoms with Crippen molar-refractivity contribution in [3.8, 4) is 11.1 Å². The molecule has 1 aliphatic rings. The molecule has 0 bridgehead atoms. The molecule has 1 amide bonds. The van der Waals surface area contributed by atoms with Gasteiger partial charge in [-0.1, -0.05) is 54.4 Å². The first-order valence-corrected chi connectivity index (χ1v) is 11.5. The van der Waals surface area contributed by atoms with Crippen LogP contribution in [0.4, 0.5) is 5.69 Å². The number of halogens is 1. The highest BCUT2D eigenvalue weighted by molar-refractivity contribution is 6.30. The van der Waals surface area contributed by atoms with Crippen LogP contribution in [0.2, 0.25) is 5.02 Å². The molecule has 0 spiro atoms. The van der Waals surface area contributed by atoms with E-state index in [4.69, 9.17) is 11.6 Å². The zero-order chi connectivity index (χ0) is 22.7. The molecule has 0 aromatic heterocycles. The molecule has 3 aromatic rings. The van der Waals surface area contributed by atoms with Crippen molar-refractivity contribution in [2.24, 2.45) is 0 Å². The van der Waals surface area contributed by atoms with Gasteiger partial charge < -0.3 is 10.2 Å². The Labute approximate surface area is 195 Å². The van der Waals surface area contributed by atoms with Crippen molar-refractivity contribution in [3.05, 3.63) is 94.0 Å². The first-order chi connectivity index (χ1) is 15.4. The molecule has 164 valence electrons. The van der Waals surface area contributed by atoms with Crippen LogP contribution >= 0.6 is 11.6 Å². The average Bonchev–Trinajstić information content (AvgIpc) is 2.79. The molecular weight excluding hydrogens is 416 g/mol. The number of allylic oxidation sites excluding steroid dienone is 1. The molecule has 0 unspecified atom stereocenters. The molecule has 0 heterocycles. The van der Waals surface area contributed by atoms with Crippen LogP contribution in [-0.4, -0.2) is 31.4 Å². The molecule has 0 aliphatic heterocycles. The molecule has 3 nitrogen and oxygen atoms in total. The number of nitrogens with one attached hydrogen (secondary N) is 1. The Morgan fingerprint density at radius 1 is 0.938 bits per heavy atom. The summed E-state index contributed by atoms with van der Waals surface area (Å²) in [5.74, 6) is -0.0945. The molecule has 0 atom stereocenters. The summed E-state index contributed by atoms with van der Waals surface area (Å²) in [5.41, 5.74) is 9.26. The maximum atomic E-state index is 12.8. The van der Waals surface area contributed by atoms with E-state index < -0.39 is 0 Å². The van der Waals surface area contributed by atoms with Gasteiger partial charge in [0, 0.05) is 22.8 Å². The second-order valence-electron chi connectivity index (χ2n) is 8.58. The Morgan fingerprint density at radius 3 is 2.22 bits per heavy atom. The number of benzene rings is 3. The second-order valence-corrected chi connectivity index (χ2v) is 9.02. The van der Waals surface area contributed by atoms with Crippen LogP contribution < -0.4 is 5.32 Å². The van der Waals surface area contributed by atoms with Crippen LogP contribution in [0, 0.1) is 0 Å². The minimum absolute atomic E-state index is 0.0945. The van der Waals surface area contributed by atoms with E-state index in [0.717, 1.165) is 42.6 Å². The zero-order valence-corrected chi connectivity index (χ0v) is 19.7. The lowest BCUT2D eigenvalue weighted by molar-refractivity contribution is 0.102. The highest BCUT2D eigenvalue weighted by atomic mass is 35.5. The van der Waals surface area contributed by atoms with Gasteiger partial charge in [-0.05, 0) is 97.6 Å². The number of aryl methyl sites for hydroxylation is 1. The van der Waals surface area contributed by atoms with Crippen molar-refractivity contribution in [1.82, 2.24) is 4.90 Å². The molecule has 1 N–H and O–H groups in total. The molecule has 0 saturated carbocycles. The van der Waals surface area contributed by atoms with Gasteiger partial charge in [-0.25, -0.2) is 0 Å². The fraction of sp³-hybridized carbons (Fsp3) is 0.250. The van der Waals surface area contributed by atoms with Gasteiger partial charge in [0.15, 0.2) is 0 Å². The Balaban J connectivity index is 1.50. The van der Waals surface area contributed by atoms with Crippen LogP contribution in [0.3, 0.4) is 0 Å². The maximum Gasteiger partial charge on any atom is 0.255 e. The van der Waals surface area contributed by atoms with Crippen molar-refractivity contribution < 1.29 is 4.79 Å². The van der Waals surface area contributed by atoms with Crippen molar-refractivity contribution in [3.63, 3.8) is 0 Å². The van der Waals surface area contributed by atoms with Gasteiger partial charge in [0.1, 0.15) is 0 Å². The van der Waals surface area contributed by atoms with Gasteiger partial charge in [0.25, 0.3) is 5.91 Å². The normalized spacial score (nSPS) is 13.3. The summed E-state index contributed by atoms with van der Waals surface area (Å²) >= 11 is 5.97. The van der Waals surface area contributed by atoms with Crippen molar-refractivity contribution in [2.45, 2.75) is 26.2 Å². The number of rotatable bonds is 6. The third-order valence-electron chi connectivity index (χ3n) is 6.00. The summed E-state index contributed by atoms with van der Waals surface area (Å²) in [6.45, 7) is 3.23. The van der Waals surface area contributed by atoms with E-state index in [1.807, 2.05) is 54.6 Å². The number of carbonyl (C=O) groups excluding carboxylic acids is 1. The summed E-state index contributed by atoms with van der Waals surface area (Å²) in [6.07, 6.45) is 3.13. The van der Waals surface area contributed by atoms with E-state index in [1.54, 1.807) is 0 Å². The van der Waals surface area contributed by atoms with E-state index in [1.165, 1.54) is 22.3 Å². The highest BCUT2D eigenvalue weighted by Gasteiger charge is 2.19. The predicted octanol–water partition coefficient (Wildman–Crippen LogP) is 6.93. The van der Waals surface area contributed by atoms with Crippen molar-refractivity contribution in [1.29, 1.82) is 0 Å². The van der Waals surface area contributed by atoms with Gasteiger partial charge in [0.2, 0.25) is 0 Å². The number of hydrogen-bond donors (Lipinski definition) is 1. The fourth-order valence-electron chi connectivity index (χ4n) is 4.46. The van der Waals surface area contributed by atoms with Crippen LogP contribution in [0.15, 0.2) is 72.3 Å². The predicted molar refractivity (Wildman–Crippen MR) is 135 cm³/mol. The quantitative estimate of drug-likeness (QED) is 0.447. The van der Waals surface area contributed by atoms with Gasteiger partial charge in [-0.15, -0.1) is 0 Å². The Hall–Kier alpha value is -2.88. The molecule has 0 saturated heterocycles. The van der Waals surface area contributed by atoms with E-state index in [2.05, 4.69) is 43.4 Å². The third kappa shape index (κ3) is 4.95. The minimum atomic E-state index is -0.0945. The van der Waals surface area contributed by atoms with Gasteiger partial charge >= 0.3 is 0 Å². The molecule has 0 radical (unpaired) electrons. The molecular formula is C28H29ClN2O.